The molecule has 0 aliphatic heterocycles. The van der Waals surface area contributed by atoms with Crippen molar-refractivity contribution in [1.82, 2.24) is 19.5 Å². The predicted molar refractivity (Wildman–Crippen MR) is 101 cm³/mol. The molecule has 0 atom stereocenters. The molecule has 4 aromatic heterocycles. The van der Waals surface area contributed by atoms with Crippen molar-refractivity contribution in [2.45, 2.75) is 19.3 Å². The smallest absolute Gasteiger partial charge is 0.260 e. The summed E-state index contributed by atoms with van der Waals surface area (Å²) in [6.45, 7) is 0. The summed E-state index contributed by atoms with van der Waals surface area (Å²) in [6, 6.07) is 13.6. The largest absolute Gasteiger partial charge is 0.269 e. The van der Waals surface area contributed by atoms with E-state index in [1.54, 1.807) is 35.6 Å². The van der Waals surface area contributed by atoms with Gasteiger partial charge in [0.05, 0.1) is 11.9 Å². The second-order valence-corrected chi connectivity index (χ2v) is 6.15. The fraction of sp³-hybridized carbons (Fsp3) is 0.143. The number of fused-ring (bicyclic) bond motifs is 1. The number of nitrogens with zero attached hydrogens (tertiary/aromatic N) is 4. The summed E-state index contributed by atoms with van der Waals surface area (Å²) in [5.74, 6) is 0. The lowest BCUT2D eigenvalue weighted by molar-refractivity contribution is 0.802. The van der Waals surface area contributed by atoms with Gasteiger partial charge in [0.15, 0.2) is 0 Å². The van der Waals surface area contributed by atoms with Crippen LogP contribution in [-0.4, -0.2) is 19.5 Å². The maximum Gasteiger partial charge on any atom is 0.260 e. The number of hydrogen-bond acceptors (Lipinski definition) is 4. The highest BCUT2D eigenvalue weighted by atomic mass is 16.1. The van der Waals surface area contributed by atoms with Gasteiger partial charge in [-0.05, 0) is 67.3 Å². The highest BCUT2D eigenvalue weighted by molar-refractivity contribution is 5.77. The molecule has 0 fully saturated rings. The highest BCUT2D eigenvalue weighted by Gasteiger charge is 2.12. The first-order valence-electron chi connectivity index (χ1n) is 8.62. The van der Waals surface area contributed by atoms with Gasteiger partial charge in [-0.2, -0.15) is 0 Å². The third-order valence-electron chi connectivity index (χ3n) is 4.40. The van der Waals surface area contributed by atoms with Crippen LogP contribution >= 0.6 is 0 Å². The van der Waals surface area contributed by atoms with E-state index in [0.717, 1.165) is 29.5 Å². The predicted octanol–water partition coefficient (Wildman–Crippen LogP) is 3.35. The minimum absolute atomic E-state index is 0.0288. The molecule has 4 rings (SSSR count). The molecular formula is C21H18N4O. The van der Waals surface area contributed by atoms with Gasteiger partial charge < -0.3 is 0 Å². The first-order valence-corrected chi connectivity index (χ1v) is 8.62. The van der Waals surface area contributed by atoms with Gasteiger partial charge in [-0.15, -0.1) is 0 Å². The average Bonchev–Trinajstić information content (AvgIpc) is 2.70. The van der Waals surface area contributed by atoms with Crippen molar-refractivity contribution in [1.29, 1.82) is 0 Å². The molecule has 0 N–H and O–H groups in total. The molecule has 0 aliphatic rings. The second-order valence-electron chi connectivity index (χ2n) is 6.15. The second kappa shape index (κ2) is 7.27. The monoisotopic (exact) mass is 342 g/mol. The maximum atomic E-state index is 13.1. The minimum Gasteiger partial charge on any atom is -0.269 e. The van der Waals surface area contributed by atoms with Gasteiger partial charge in [0.1, 0.15) is 5.65 Å². The quantitative estimate of drug-likeness (QED) is 0.558. The Bertz CT molecular complexity index is 1080. The molecule has 128 valence electrons. The Morgan fingerprint density at radius 3 is 2.54 bits per heavy atom. The fourth-order valence-corrected chi connectivity index (χ4v) is 3.14. The van der Waals surface area contributed by atoms with Crippen molar-refractivity contribution >= 4 is 11.0 Å². The molecule has 4 aromatic rings. The normalized spacial score (nSPS) is 10.9. The van der Waals surface area contributed by atoms with Crippen molar-refractivity contribution in [2.75, 3.05) is 0 Å². The van der Waals surface area contributed by atoms with Crippen LogP contribution in [0.3, 0.4) is 0 Å². The van der Waals surface area contributed by atoms with E-state index in [1.165, 1.54) is 5.56 Å². The number of aromatic nitrogens is 4. The van der Waals surface area contributed by atoms with E-state index in [-0.39, 0.29) is 5.56 Å². The van der Waals surface area contributed by atoms with E-state index >= 15 is 0 Å². The molecule has 0 amide bonds. The molecule has 0 radical (unpaired) electrons. The molecule has 0 aromatic carbocycles. The van der Waals surface area contributed by atoms with E-state index in [0.29, 0.717) is 12.1 Å². The Morgan fingerprint density at radius 1 is 0.885 bits per heavy atom. The van der Waals surface area contributed by atoms with E-state index in [9.17, 15) is 4.79 Å². The Balaban J connectivity index is 1.71. The molecular weight excluding hydrogens is 324 g/mol. The van der Waals surface area contributed by atoms with Gasteiger partial charge >= 0.3 is 0 Å². The lowest BCUT2D eigenvalue weighted by Crippen LogP contribution is -2.23. The summed E-state index contributed by atoms with van der Waals surface area (Å²) in [5, 5.41) is 0.954. The van der Waals surface area contributed by atoms with E-state index in [2.05, 4.69) is 15.0 Å². The first-order chi connectivity index (χ1) is 12.8. The maximum absolute atomic E-state index is 13.1. The van der Waals surface area contributed by atoms with Crippen molar-refractivity contribution in [3.63, 3.8) is 0 Å². The average molecular weight is 342 g/mol. The fourth-order valence-electron chi connectivity index (χ4n) is 3.14. The minimum atomic E-state index is -0.0288. The van der Waals surface area contributed by atoms with Crippen LogP contribution in [-0.2, 0) is 12.8 Å². The molecule has 0 aliphatic carbocycles. The van der Waals surface area contributed by atoms with Gasteiger partial charge in [0.2, 0.25) is 0 Å². The summed E-state index contributed by atoms with van der Waals surface area (Å²) in [4.78, 5) is 25.7. The summed E-state index contributed by atoms with van der Waals surface area (Å²) in [5.41, 5.74) is 3.39. The first kappa shape index (κ1) is 16.1. The Kier molecular flexibility index (Phi) is 4.51. The molecule has 5 heteroatoms. The van der Waals surface area contributed by atoms with Crippen LogP contribution < -0.4 is 5.56 Å². The van der Waals surface area contributed by atoms with E-state index < -0.39 is 0 Å². The molecule has 0 saturated carbocycles. The van der Waals surface area contributed by atoms with Crippen molar-refractivity contribution in [3.05, 3.63) is 94.9 Å². The van der Waals surface area contributed by atoms with Crippen LogP contribution in [0.25, 0.3) is 16.7 Å². The molecule has 0 saturated heterocycles. The zero-order valence-corrected chi connectivity index (χ0v) is 14.2. The van der Waals surface area contributed by atoms with Gasteiger partial charge in [-0.25, -0.2) is 4.98 Å². The SMILES string of the molecule is O=c1c(CCCc2ccncc2)cc2cccnc2n1-c1cccnc1. The lowest BCUT2D eigenvalue weighted by Gasteiger charge is -2.12. The number of pyridine rings is 4. The lowest BCUT2D eigenvalue weighted by atomic mass is 10.0. The standard InChI is InChI=1S/C21H18N4O/c26-21-18(5-1-4-16-8-12-22-13-9-16)14-17-6-2-11-24-20(17)25(21)19-7-3-10-23-15-19/h2-3,6-15H,1,4-5H2. The van der Waals surface area contributed by atoms with Crippen LogP contribution in [0, 0.1) is 0 Å². The Hall–Kier alpha value is -3.34. The molecule has 5 nitrogen and oxygen atoms in total. The number of aryl methyl sites for hydroxylation is 2. The van der Waals surface area contributed by atoms with Crippen LogP contribution in [0.15, 0.2) is 78.2 Å². The van der Waals surface area contributed by atoms with Crippen LogP contribution in [0.5, 0.6) is 0 Å². The third kappa shape index (κ3) is 3.24. The Labute approximate surface area is 151 Å². The molecule has 0 spiro atoms. The zero-order chi connectivity index (χ0) is 17.8. The summed E-state index contributed by atoms with van der Waals surface area (Å²) in [6.07, 6.45) is 11.2. The zero-order valence-electron chi connectivity index (χ0n) is 14.2. The molecule has 4 heterocycles. The van der Waals surface area contributed by atoms with Crippen molar-refractivity contribution in [2.24, 2.45) is 0 Å². The topological polar surface area (TPSA) is 60.7 Å². The summed E-state index contributed by atoms with van der Waals surface area (Å²) in [7, 11) is 0. The Morgan fingerprint density at radius 2 is 1.73 bits per heavy atom. The van der Waals surface area contributed by atoms with Crippen molar-refractivity contribution < 1.29 is 0 Å². The molecule has 0 bridgehead atoms. The molecule has 0 unspecified atom stereocenters. The van der Waals surface area contributed by atoms with Gasteiger partial charge in [0.25, 0.3) is 5.56 Å². The number of rotatable bonds is 5. The van der Waals surface area contributed by atoms with E-state index in [1.807, 2.05) is 42.5 Å². The molecule has 26 heavy (non-hydrogen) atoms. The van der Waals surface area contributed by atoms with Gasteiger partial charge in [-0.3, -0.25) is 19.3 Å². The van der Waals surface area contributed by atoms with E-state index in [4.69, 9.17) is 0 Å². The highest BCUT2D eigenvalue weighted by Crippen LogP contribution is 2.16. The number of hydrogen-bond donors (Lipinski definition) is 0. The van der Waals surface area contributed by atoms with Crippen LogP contribution in [0.4, 0.5) is 0 Å². The van der Waals surface area contributed by atoms with Crippen LogP contribution in [0.1, 0.15) is 17.5 Å². The van der Waals surface area contributed by atoms with Gasteiger partial charge in [-0.1, -0.05) is 0 Å². The summed E-state index contributed by atoms with van der Waals surface area (Å²) < 4.78 is 1.66. The summed E-state index contributed by atoms with van der Waals surface area (Å²) >= 11 is 0. The van der Waals surface area contributed by atoms with Gasteiger partial charge in [0, 0.05) is 35.7 Å². The van der Waals surface area contributed by atoms with Crippen LogP contribution in [0.2, 0.25) is 0 Å². The van der Waals surface area contributed by atoms with Crippen molar-refractivity contribution in [3.8, 4) is 5.69 Å². The third-order valence-corrected chi connectivity index (χ3v) is 4.40.